The van der Waals surface area contributed by atoms with Crippen LogP contribution in [0, 0.1) is 6.92 Å². The lowest BCUT2D eigenvalue weighted by molar-refractivity contribution is -0.128. The molecule has 1 saturated heterocycles. The second kappa shape index (κ2) is 9.67. The van der Waals surface area contributed by atoms with Crippen molar-refractivity contribution >= 4 is 33.4 Å². The number of halogens is 1. The van der Waals surface area contributed by atoms with Crippen molar-refractivity contribution in [3.05, 3.63) is 58.6 Å². The Morgan fingerprint density at radius 2 is 1.81 bits per heavy atom. The van der Waals surface area contributed by atoms with Crippen LogP contribution in [0.4, 0.5) is 0 Å². The summed E-state index contributed by atoms with van der Waals surface area (Å²) in [6.07, 6.45) is 0.709. The Morgan fingerprint density at radius 1 is 1.10 bits per heavy atom. The highest BCUT2D eigenvalue weighted by atomic mass is 35.5. The summed E-state index contributed by atoms with van der Waals surface area (Å²) >= 11 is 6.07. The van der Waals surface area contributed by atoms with Gasteiger partial charge in [-0.25, -0.2) is 8.42 Å². The van der Waals surface area contributed by atoms with Crippen molar-refractivity contribution in [1.82, 2.24) is 15.2 Å². The molecule has 2 amide bonds. The summed E-state index contributed by atoms with van der Waals surface area (Å²) in [6.45, 7) is 4.32. The summed E-state index contributed by atoms with van der Waals surface area (Å²) in [5.74, 6) is -0.880. The van der Waals surface area contributed by atoms with E-state index in [-0.39, 0.29) is 10.5 Å². The second-order valence-electron chi connectivity index (χ2n) is 7.28. The number of hydrogen-bond acceptors (Lipinski definition) is 5. The van der Waals surface area contributed by atoms with Gasteiger partial charge in [-0.1, -0.05) is 23.7 Å². The van der Waals surface area contributed by atoms with Crippen LogP contribution in [0.25, 0.3) is 0 Å². The number of nitrogens with zero attached hydrogens (tertiary/aromatic N) is 1. The highest BCUT2D eigenvalue weighted by Crippen LogP contribution is 2.26. The van der Waals surface area contributed by atoms with Gasteiger partial charge in [0, 0.05) is 18.7 Å². The molecule has 2 aromatic rings. The number of ether oxygens (including phenoxy) is 1. The van der Waals surface area contributed by atoms with Crippen molar-refractivity contribution in [3.63, 3.8) is 0 Å². The molecule has 0 saturated carbocycles. The summed E-state index contributed by atoms with van der Waals surface area (Å²) in [4.78, 5) is 24.8. The van der Waals surface area contributed by atoms with Crippen LogP contribution in [-0.2, 0) is 14.8 Å². The summed E-state index contributed by atoms with van der Waals surface area (Å²) in [5, 5.41) is 0.366. The van der Waals surface area contributed by atoms with Gasteiger partial charge in [-0.05, 0) is 62.6 Å². The number of aryl methyl sites for hydroxylation is 1. The number of benzene rings is 2. The number of carbonyl (C=O) groups is 2. The van der Waals surface area contributed by atoms with E-state index in [1.165, 1.54) is 35.5 Å². The molecule has 8 nitrogen and oxygen atoms in total. The third-order valence-corrected chi connectivity index (χ3v) is 7.06. The number of carbonyl (C=O) groups excluding carboxylic acids is 2. The van der Waals surface area contributed by atoms with Gasteiger partial charge < -0.3 is 4.74 Å². The highest BCUT2D eigenvalue weighted by molar-refractivity contribution is 7.89. The van der Waals surface area contributed by atoms with Crippen LogP contribution in [0.5, 0.6) is 5.75 Å². The largest absolute Gasteiger partial charge is 0.479 e. The molecule has 1 heterocycles. The minimum atomic E-state index is -3.65. The lowest BCUT2D eigenvalue weighted by Gasteiger charge is -2.17. The Balaban J connectivity index is 1.61. The molecule has 0 aromatic heterocycles. The first-order valence-electron chi connectivity index (χ1n) is 9.81. The first-order chi connectivity index (χ1) is 14.7. The summed E-state index contributed by atoms with van der Waals surface area (Å²) in [7, 11) is -3.65. The Morgan fingerprint density at radius 3 is 2.52 bits per heavy atom. The molecule has 0 radical (unpaired) electrons. The topological polar surface area (TPSA) is 105 Å². The van der Waals surface area contributed by atoms with Gasteiger partial charge in [0.2, 0.25) is 10.0 Å². The minimum Gasteiger partial charge on any atom is -0.479 e. The second-order valence-corrected chi connectivity index (χ2v) is 9.62. The lowest BCUT2D eigenvalue weighted by Crippen LogP contribution is -2.47. The minimum absolute atomic E-state index is 0.0409. The summed E-state index contributed by atoms with van der Waals surface area (Å²) in [6, 6.07) is 10.9. The van der Waals surface area contributed by atoms with Crippen molar-refractivity contribution in [2.24, 2.45) is 0 Å². The number of rotatable bonds is 6. The first kappa shape index (κ1) is 23.1. The van der Waals surface area contributed by atoms with E-state index in [2.05, 4.69) is 10.9 Å². The fraction of sp³-hybridized carbons (Fsp3) is 0.333. The van der Waals surface area contributed by atoms with Crippen molar-refractivity contribution in [1.29, 1.82) is 0 Å². The van der Waals surface area contributed by atoms with E-state index in [0.717, 1.165) is 18.4 Å². The average molecular weight is 466 g/mol. The fourth-order valence-corrected chi connectivity index (χ4v) is 4.84. The average Bonchev–Trinajstić information content (AvgIpc) is 3.30. The number of sulfonamides is 1. The van der Waals surface area contributed by atoms with Crippen LogP contribution in [-0.4, -0.2) is 43.7 Å². The van der Waals surface area contributed by atoms with Crippen LogP contribution < -0.4 is 15.6 Å². The summed E-state index contributed by atoms with van der Waals surface area (Å²) < 4.78 is 32.3. The molecule has 1 fully saturated rings. The molecule has 31 heavy (non-hydrogen) atoms. The zero-order chi connectivity index (χ0) is 22.6. The smallest absolute Gasteiger partial charge is 0.279 e. The van der Waals surface area contributed by atoms with Crippen LogP contribution in [0.3, 0.4) is 0 Å². The van der Waals surface area contributed by atoms with Crippen LogP contribution >= 0.6 is 11.6 Å². The van der Waals surface area contributed by atoms with Crippen LogP contribution in [0.2, 0.25) is 5.02 Å². The van der Waals surface area contributed by atoms with E-state index in [1.807, 2.05) is 13.0 Å². The van der Waals surface area contributed by atoms with E-state index < -0.39 is 27.9 Å². The predicted octanol–water partition coefficient (Wildman–Crippen LogP) is 2.66. The van der Waals surface area contributed by atoms with Gasteiger partial charge in [-0.2, -0.15) is 4.31 Å². The molecule has 10 heteroatoms. The molecule has 1 unspecified atom stereocenters. The van der Waals surface area contributed by atoms with E-state index in [4.69, 9.17) is 16.3 Å². The monoisotopic (exact) mass is 465 g/mol. The number of hydrazine groups is 1. The van der Waals surface area contributed by atoms with E-state index in [9.17, 15) is 18.0 Å². The predicted molar refractivity (Wildman–Crippen MR) is 116 cm³/mol. The molecule has 1 atom stereocenters. The normalized spacial score (nSPS) is 15.3. The third kappa shape index (κ3) is 5.55. The van der Waals surface area contributed by atoms with Gasteiger partial charge in [0.1, 0.15) is 5.75 Å². The molecule has 0 aliphatic carbocycles. The molecule has 0 spiro atoms. The standard InChI is InChI=1S/C21H24ClN3O5S/c1-14-8-9-18(22)19(12-14)30-15(2)20(26)23-24-21(27)16-6-5-7-17(13-16)31(28,29)25-10-3-4-11-25/h5-9,12-13,15H,3-4,10-11H2,1-2H3,(H,23,26)(H,24,27). The molecule has 0 bridgehead atoms. The lowest BCUT2D eigenvalue weighted by atomic mass is 10.2. The van der Waals surface area contributed by atoms with Crippen LogP contribution in [0.15, 0.2) is 47.4 Å². The molecule has 3 rings (SSSR count). The molecule has 1 aliphatic rings. The van der Waals surface area contributed by atoms with Gasteiger partial charge >= 0.3 is 0 Å². The molecule has 166 valence electrons. The molecule has 1 aliphatic heterocycles. The highest BCUT2D eigenvalue weighted by Gasteiger charge is 2.27. The summed E-state index contributed by atoms with van der Waals surface area (Å²) in [5.41, 5.74) is 5.59. The Hall–Kier alpha value is -2.62. The van der Waals surface area contributed by atoms with E-state index in [1.54, 1.807) is 12.1 Å². The van der Waals surface area contributed by atoms with Gasteiger partial charge in [0.15, 0.2) is 6.10 Å². The van der Waals surface area contributed by atoms with Crippen molar-refractivity contribution in [2.45, 2.75) is 37.7 Å². The van der Waals surface area contributed by atoms with Gasteiger partial charge in [0.05, 0.1) is 9.92 Å². The molecular formula is C21H24ClN3O5S. The number of nitrogens with one attached hydrogen (secondary N) is 2. The maximum absolute atomic E-state index is 12.7. The maximum Gasteiger partial charge on any atom is 0.279 e. The zero-order valence-electron chi connectivity index (χ0n) is 17.2. The fourth-order valence-electron chi connectivity index (χ4n) is 3.11. The number of amides is 2. The van der Waals surface area contributed by atoms with Crippen molar-refractivity contribution < 1.29 is 22.7 Å². The maximum atomic E-state index is 12.7. The van der Waals surface area contributed by atoms with Gasteiger partial charge in [0.25, 0.3) is 11.8 Å². The SMILES string of the molecule is Cc1ccc(Cl)c(OC(C)C(=O)NNC(=O)c2cccc(S(=O)(=O)N3CCCC3)c2)c1. The Kier molecular flexibility index (Phi) is 7.19. The molecule has 2 N–H and O–H groups in total. The van der Waals surface area contributed by atoms with Crippen molar-refractivity contribution in [2.75, 3.05) is 13.1 Å². The number of hydrogen-bond donors (Lipinski definition) is 2. The Labute approximate surface area is 186 Å². The quantitative estimate of drug-likeness (QED) is 0.638. The molecular weight excluding hydrogens is 442 g/mol. The molecule has 2 aromatic carbocycles. The van der Waals surface area contributed by atoms with E-state index in [0.29, 0.717) is 23.9 Å². The Bertz CT molecular complexity index is 1080. The van der Waals surface area contributed by atoms with Crippen LogP contribution in [0.1, 0.15) is 35.7 Å². The first-order valence-corrected chi connectivity index (χ1v) is 11.6. The van der Waals surface area contributed by atoms with Gasteiger partial charge in [-0.15, -0.1) is 0 Å². The van der Waals surface area contributed by atoms with Crippen molar-refractivity contribution in [3.8, 4) is 5.75 Å². The third-order valence-electron chi connectivity index (χ3n) is 4.86. The van der Waals surface area contributed by atoms with Gasteiger partial charge in [-0.3, -0.25) is 20.4 Å². The zero-order valence-corrected chi connectivity index (χ0v) is 18.8. The van der Waals surface area contributed by atoms with E-state index >= 15 is 0 Å².